The first-order chi connectivity index (χ1) is 9.22. The molecule has 0 atom stereocenters. The molecule has 2 rings (SSSR count). The van der Waals surface area contributed by atoms with E-state index in [-0.39, 0.29) is 5.91 Å². The second kappa shape index (κ2) is 6.60. The van der Waals surface area contributed by atoms with Crippen molar-refractivity contribution in [3.8, 4) is 0 Å². The number of benzene rings is 1. The summed E-state index contributed by atoms with van der Waals surface area (Å²) in [5.41, 5.74) is 7.79. The van der Waals surface area contributed by atoms with Crippen molar-refractivity contribution in [2.45, 2.75) is 51.5 Å². The van der Waals surface area contributed by atoms with Crippen LogP contribution < -0.4 is 5.73 Å². The quantitative estimate of drug-likeness (QED) is 0.827. The van der Waals surface area contributed by atoms with E-state index in [1.54, 1.807) is 0 Å². The smallest absolute Gasteiger partial charge is 0.223 e. The zero-order valence-corrected chi connectivity index (χ0v) is 11.8. The molecule has 1 fully saturated rings. The van der Waals surface area contributed by atoms with Crippen molar-refractivity contribution in [1.82, 2.24) is 4.90 Å². The van der Waals surface area contributed by atoms with Crippen molar-refractivity contribution in [3.63, 3.8) is 0 Å². The fraction of sp³-hybridized carbons (Fsp3) is 0.562. The Bertz CT molecular complexity index is 425. The van der Waals surface area contributed by atoms with Gasteiger partial charge in [0.05, 0.1) is 0 Å². The Kier molecular flexibility index (Phi) is 4.83. The number of nitrogens with two attached hydrogens (primary N) is 1. The first-order valence-corrected chi connectivity index (χ1v) is 7.35. The third kappa shape index (κ3) is 3.49. The highest BCUT2D eigenvalue weighted by molar-refractivity contribution is 5.77. The predicted molar refractivity (Wildman–Crippen MR) is 78.8 cm³/mol. The van der Waals surface area contributed by atoms with Gasteiger partial charge in [0, 0.05) is 24.7 Å². The van der Waals surface area contributed by atoms with Gasteiger partial charge < -0.3 is 10.6 Å². The Morgan fingerprint density at radius 2 is 2.00 bits per heavy atom. The molecule has 0 unspecified atom stereocenters. The summed E-state index contributed by atoms with van der Waals surface area (Å²) in [6, 6.07) is 8.29. The normalized spacial score (nSPS) is 15.6. The number of aryl methyl sites for hydroxylation is 1. The third-order valence-electron chi connectivity index (χ3n) is 4.09. The van der Waals surface area contributed by atoms with Crippen LogP contribution in [0.3, 0.4) is 0 Å². The molecule has 0 aliphatic heterocycles. The average Bonchev–Trinajstić information content (AvgIpc) is 2.92. The molecule has 3 nitrogen and oxygen atoms in total. The van der Waals surface area contributed by atoms with Crippen LogP contribution in [0.1, 0.15) is 44.6 Å². The van der Waals surface area contributed by atoms with E-state index in [1.807, 2.05) is 24.3 Å². The summed E-state index contributed by atoms with van der Waals surface area (Å²) in [5, 5.41) is 0. The minimum absolute atomic E-state index is 0.276. The minimum atomic E-state index is 0.276. The van der Waals surface area contributed by atoms with E-state index in [0.717, 1.165) is 24.2 Å². The number of hydrogen-bond acceptors (Lipinski definition) is 2. The SMILES string of the molecule is CCN(C(=O)CCc1ccccc1N)C1CCCC1. The zero-order chi connectivity index (χ0) is 13.7. The van der Waals surface area contributed by atoms with Crippen molar-refractivity contribution < 1.29 is 4.79 Å². The van der Waals surface area contributed by atoms with Crippen LogP contribution >= 0.6 is 0 Å². The van der Waals surface area contributed by atoms with E-state index in [4.69, 9.17) is 5.73 Å². The lowest BCUT2D eigenvalue weighted by molar-refractivity contribution is -0.133. The number of anilines is 1. The van der Waals surface area contributed by atoms with E-state index in [0.29, 0.717) is 12.5 Å². The Morgan fingerprint density at radius 3 is 2.63 bits per heavy atom. The molecule has 1 aliphatic rings. The van der Waals surface area contributed by atoms with Crippen LogP contribution in [0.2, 0.25) is 0 Å². The largest absolute Gasteiger partial charge is 0.399 e. The lowest BCUT2D eigenvalue weighted by Crippen LogP contribution is -2.38. The highest BCUT2D eigenvalue weighted by Crippen LogP contribution is 2.24. The average molecular weight is 260 g/mol. The van der Waals surface area contributed by atoms with E-state index in [9.17, 15) is 4.79 Å². The first-order valence-electron chi connectivity index (χ1n) is 7.35. The van der Waals surface area contributed by atoms with E-state index < -0.39 is 0 Å². The number of para-hydroxylation sites is 1. The molecule has 1 aromatic rings. The zero-order valence-electron chi connectivity index (χ0n) is 11.8. The van der Waals surface area contributed by atoms with Gasteiger partial charge in [-0.05, 0) is 37.8 Å². The molecular weight excluding hydrogens is 236 g/mol. The Morgan fingerprint density at radius 1 is 1.32 bits per heavy atom. The summed E-state index contributed by atoms with van der Waals surface area (Å²) < 4.78 is 0. The van der Waals surface area contributed by atoms with Gasteiger partial charge in [0.2, 0.25) is 5.91 Å². The molecule has 0 radical (unpaired) electrons. The molecule has 1 aromatic carbocycles. The molecule has 0 bridgehead atoms. The van der Waals surface area contributed by atoms with Gasteiger partial charge in [0.25, 0.3) is 0 Å². The summed E-state index contributed by atoms with van der Waals surface area (Å²) in [6.45, 7) is 2.90. The van der Waals surface area contributed by atoms with E-state index >= 15 is 0 Å². The summed E-state index contributed by atoms with van der Waals surface area (Å²) in [4.78, 5) is 14.4. The summed E-state index contributed by atoms with van der Waals surface area (Å²) in [7, 11) is 0. The number of rotatable bonds is 5. The highest BCUT2D eigenvalue weighted by atomic mass is 16.2. The number of amides is 1. The molecule has 0 spiro atoms. The third-order valence-corrected chi connectivity index (χ3v) is 4.09. The number of carbonyl (C=O) groups excluding carboxylic acids is 1. The molecule has 19 heavy (non-hydrogen) atoms. The first kappa shape index (κ1) is 13.9. The fourth-order valence-corrected chi connectivity index (χ4v) is 3.00. The second-order valence-corrected chi connectivity index (χ2v) is 5.32. The van der Waals surface area contributed by atoms with Gasteiger partial charge in [0.1, 0.15) is 0 Å². The molecule has 0 heterocycles. The molecule has 104 valence electrons. The van der Waals surface area contributed by atoms with Crippen molar-refractivity contribution >= 4 is 11.6 Å². The summed E-state index contributed by atoms with van der Waals surface area (Å²) >= 11 is 0. The van der Waals surface area contributed by atoms with Gasteiger partial charge in [-0.1, -0.05) is 31.0 Å². The molecule has 0 saturated heterocycles. The predicted octanol–water partition coefficient (Wildman–Crippen LogP) is 2.99. The maximum Gasteiger partial charge on any atom is 0.223 e. The van der Waals surface area contributed by atoms with Crippen LogP contribution in [-0.4, -0.2) is 23.4 Å². The van der Waals surface area contributed by atoms with Crippen LogP contribution in [0.4, 0.5) is 5.69 Å². The second-order valence-electron chi connectivity index (χ2n) is 5.32. The Balaban J connectivity index is 1.91. The van der Waals surface area contributed by atoms with Crippen LogP contribution in [0, 0.1) is 0 Å². The fourth-order valence-electron chi connectivity index (χ4n) is 3.00. The van der Waals surface area contributed by atoms with Crippen molar-refractivity contribution in [2.24, 2.45) is 0 Å². The summed E-state index contributed by atoms with van der Waals surface area (Å²) in [5.74, 6) is 0.276. The standard InChI is InChI=1S/C16H24N2O/c1-2-18(14-8-4-5-9-14)16(19)12-11-13-7-3-6-10-15(13)17/h3,6-7,10,14H,2,4-5,8-9,11-12,17H2,1H3. The Labute approximate surface area is 115 Å². The van der Waals surface area contributed by atoms with Crippen LogP contribution in [0.25, 0.3) is 0 Å². The van der Waals surface area contributed by atoms with E-state index in [1.165, 1.54) is 25.7 Å². The van der Waals surface area contributed by atoms with Crippen LogP contribution in [0.5, 0.6) is 0 Å². The maximum atomic E-state index is 12.3. The van der Waals surface area contributed by atoms with Gasteiger partial charge in [-0.3, -0.25) is 4.79 Å². The van der Waals surface area contributed by atoms with Gasteiger partial charge in [-0.15, -0.1) is 0 Å². The molecule has 1 saturated carbocycles. The Hall–Kier alpha value is -1.51. The molecule has 3 heteroatoms. The lowest BCUT2D eigenvalue weighted by atomic mass is 10.1. The van der Waals surface area contributed by atoms with Gasteiger partial charge >= 0.3 is 0 Å². The minimum Gasteiger partial charge on any atom is -0.399 e. The van der Waals surface area contributed by atoms with Gasteiger partial charge in [-0.2, -0.15) is 0 Å². The maximum absolute atomic E-state index is 12.3. The topological polar surface area (TPSA) is 46.3 Å². The number of carbonyl (C=O) groups is 1. The van der Waals surface area contributed by atoms with Gasteiger partial charge in [0.15, 0.2) is 0 Å². The molecule has 1 aliphatic carbocycles. The monoisotopic (exact) mass is 260 g/mol. The lowest BCUT2D eigenvalue weighted by Gasteiger charge is -2.27. The van der Waals surface area contributed by atoms with E-state index in [2.05, 4.69) is 11.8 Å². The van der Waals surface area contributed by atoms with Crippen molar-refractivity contribution in [1.29, 1.82) is 0 Å². The van der Waals surface area contributed by atoms with Crippen molar-refractivity contribution in [3.05, 3.63) is 29.8 Å². The molecule has 1 amide bonds. The molecular formula is C16H24N2O. The van der Waals surface area contributed by atoms with Crippen molar-refractivity contribution in [2.75, 3.05) is 12.3 Å². The number of hydrogen-bond donors (Lipinski definition) is 1. The van der Waals surface area contributed by atoms with Gasteiger partial charge in [-0.25, -0.2) is 0 Å². The van der Waals surface area contributed by atoms with Crippen LogP contribution in [0.15, 0.2) is 24.3 Å². The highest BCUT2D eigenvalue weighted by Gasteiger charge is 2.24. The summed E-state index contributed by atoms with van der Waals surface area (Å²) in [6.07, 6.45) is 6.19. The number of nitrogens with zero attached hydrogens (tertiary/aromatic N) is 1. The number of nitrogen functional groups attached to an aromatic ring is 1. The molecule has 2 N–H and O–H groups in total. The van der Waals surface area contributed by atoms with Crippen LogP contribution in [-0.2, 0) is 11.2 Å². The molecule has 0 aromatic heterocycles.